The lowest BCUT2D eigenvalue weighted by atomic mass is 9.90. The maximum Gasteiger partial charge on any atom is 0.253 e. The molecule has 1 aromatic heterocycles. The molecule has 7 rings (SSSR count). The number of ether oxygens (including phenoxy) is 5. The van der Waals surface area contributed by atoms with Gasteiger partial charge in [-0.2, -0.15) is 4.68 Å². The van der Waals surface area contributed by atoms with Crippen molar-refractivity contribution in [1.29, 1.82) is 0 Å². The minimum absolute atomic E-state index is 0.0335. The molecule has 0 N–H and O–H groups in total. The van der Waals surface area contributed by atoms with Gasteiger partial charge < -0.3 is 28.6 Å². The summed E-state index contributed by atoms with van der Waals surface area (Å²) in [7, 11) is 3.67. The summed E-state index contributed by atoms with van der Waals surface area (Å²) in [5, 5.41) is 12.8. The molecule has 4 aliphatic rings. The minimum atomic E-state index is -0.527. The van der Waals surface area contributed by atoms with E-state index in [-0.39, 0.29) is 18.7 Å². The smallest absolute Gasteiger partial charge is 0.253 e. The second-order valence-electron chi connectivity index (χ2n) is 10.2. The fourth-order valence-corrected chi connectivity index (χ4v) is 6.10. The molecule has 0 radical (unpaired) electrons. The van der Waals surface area contributed by atoms with Gasteiger partial charge in [-0.1, -0.05) is 6.07 Å². The van der Waals surface area contributed by atoms with Gasteiger partial charge in [-0.25, -0.2) is 0 Å². The first-order valence-electron chi connectivity index (χ1n) is 13.2. The van der Waals surface area contributed by atoms with Gasteiger partial charge in [-0.15, -0.1) is 5.10 Å². The zero-order valence-corrected chi connectivity index (χ0v) is 22.0. The average Bonchev–Trinajstić information content (AvgIpc) is 3.74. The van der Waals surface area contributed by atoms with Crippen molar-refractivity contribution in [2.45, 2.75) is 31.1 Å². The highest BCUT2D eigenvalue weighted by Gasteiger charge is 2.41. The zero-order chi connectivity index (χ0) is 26.6. The van der Waals surface area contributed by atoms with Crippen LogP contribution in [0.3, 0.4) is 0 Å². The maximum absolute atomic E-state index is 13.5. The van der Waals surface area contributed by atoms with Gasteiger partial charge in [0.05, 0.1) is 26.0 Å². The number of tetrazole rings is 1. The van der Waals surface area contributed by atoms with E-state index in [0.717, 1.165) is 24.1 Å². The summed E-state index contributed by atoms with van der Waals surface area (Å²) < 4.78 is 30.6. The number of hydrogen-bond donors (Lipinski definition) is 0. The van der Waals surface area contributed by atoms with E-state index < -0.39 is 5.79 Å². The Hall–Kier alpha value is -3.74. The van der Waals surface area contributed by atoms with Crippen LogP contribution in [0.15, 0.2) is 30.3 Å². The number of piperidine rings is 1. The van der Waals surface area contributed by atoms with Gasteiger partial charge >= 0.3 is 0 Å². The third kappa shape index (κ3) is 4.01. The summed E-state index contributed by atoms with van der Waals surface area (Å²) in [5.74, 6) is 1.98. The molecule has 1 spiro atoms. The second kappa shape index (κ2) is 9.47. The van der Waals surface area contributed by atoms with Crippen molar-refractivity contribution in [3.8, 4) is 22.9 Å². The van der Waals surface area contributed by atoms with Crippen molar-refractivity contribution in [3.63, 3.8) is 0 Å². The molecule has 0 bridgehead atoms. The van der Waals surface area contributed by atoms with Crippen LogP contribution in [-0.2, 0) is 15.9 Å². The summed E-state index contributed by atoms with van der Waals surface area (Å²) in [6.45, 7) is 3.35. The first kappa shape index (κ1) is 24.3. The molecule has 0 unspecified atom stereocenters. The monoisotopic (exact) mass is 534 g/mol. The maximum atomic E-state index is 13.5. The van der Waals surface area contributed by atoms with Crippen molar-refractivity contribution < 1.29 is 28.5 Å². The zero-order valence-electron chi connectivity index (χ0n) is 22.0. The van der Waals surface area contributed by atoms with Crippen LogP contribution >= 0.6 is 0 Å². The van der Waals surface area contributed by atoms with Crippen LogP contribution in [0.4, 0.5) is 0 Å². The van der Waals surface area contributed by atoms with E-state index >= 15 is 0 Å². The molecule has 204 valence electrons. The number of fused-ring (bicyclic) bond motifs is 2. The van der Waals surface area contributed by atoms with E-state index in [0.29, 0.717) is 73.5 Å². The quantitative estimate of drug-likeness (QED) is 0.492. The predicted molar refractivity (Wildman–Crippen MR) is 136 cm³/mol. The summed E-state index contributed by atoms with van der Waals surface area (Å²) >= 11 is 0. The number of likely N-dealkylation sites (tertiary alicyclic amines) is 1. The number of methoxy groups -OCH3 is 1. The molecule has 39 heavy (non-hydrogen) atoms. The van der Waals surface area contributed by atoms with Crippen molar-refractivity contribution in [2.24, 2.45) is 0 Å². The molecule has 12 nitrogen and oxygen atoms in total. The first-order valence-corrected chi connectivity index (χ1v) is 13.2. The van der Waals surface area contributed by atoms with E-state index in [4.69, 9.17) is 23.7 Å². The van der Waals surface area contributed by atoms with Crippen LogP contribution in [0, 0.1) is 0 Å². The predicted octanol–water partition coefficient (Wildman–Crippen LogP) is 1.96. The Morgan fingerprint density at radius 2 is 1.92 bits per heavy atom. The number of benzene rings is 2. The highest BCUT2D eigenvalue weighted by atomic mass is 16.7. The summed E-state index contributed by atoms with van der Waals surface area (Å²) in [4.78, 5) is 17.5. The Kier molecular flexibility index (Phi) is 5.90. The largest absolute Gasteiger partial charge is 0.492 e. The molecule has 1 amide bonds. The van der Waals surface area contributed by atoms with Crippen LogP contribution in [0.2, 0.25) is 0 Å². The standard InChI is InChI=1S/C27H30N6O6/c1-31-9-6-17-15-20-23(37-16-36-20)24(35-2)21(17)22(31)25-28-29-30-33(25)19-5-3-4-18(14-19)26(34)32-10-7-27(8-11-32)38-12-13-39-27/h3-5,14-15,22H,6-13,16H2,1-2H3/t22-/m0/s1. The Morgan fingerprint density at radius 3 is 2.72 bits per heavy atom. The van der Waals surface area contributed by atoms with E-state index in [2.05, 4.69) is 20.4 Å². The van der Waals surface area contributed by atoms with Gasteiger partial charge in [0.15, 0.2) is 23.1 Å². The van der Waals surface area contributed by atoms with Crippen molar-refractivity contribution in [1.82, 2.24) is 30.0 Å². The number of carbonyl (C=O) groups is 1. The number of hydrogen-bond acceptors (Lipinski definition) is 10. The van der Waals surface area contributed by atoms with E-state index in [1.54, 1.807) is 11.8 Å². The SMILES string of the molecule is COc1c2c(cc3c1[C@@H](c1nnnn1-c1cccc(C(=O)N4CCC5(CC4)OCCO5)c1)N(C)CC3)OCO2. The molecule has 2 aromatic carbocycles. The molecule has 3 aromatic rings. The van der Waals surface area contributed by atoms with E-state index in [9.17, 15) is 4.79 Å². The normalized spacial score (nSPS) is 21.8. The lowest BCUT2D eigenvalue weighted by Crippen LogP contribution is -2.47. The molecular weight excluding hydrogens is 504 g/mol. The molecule has 5 heterocycles. The second-order valence-corrected chi connectivity index (χ2v) is 10.2. The van der Waals surface area contributed by atoms with Crippen LogP contribution in [0.1, 0.15) is 46.2 Å². The van der Waals surface area contributed by atoms with Gasteiger partial charge in [0.25, 0.3) is 5.91 Å². The number of likely N-dealkylation sites (N-methyl/N-ethyl adjacent to an activating group) is 1. The molecule has 1 atom stereocenters. The number of aromatic nitrogens is 4. The summed E-state index contributed by atoms with van der Waals surface area (Å²) in [5.41, 5.74) is 3.35. The summed E-state index contributed by atoms with van der Waals surface area (Å²) in [6.07, 6.45) is 2.17. The fraction of sp³-hybridized carbons (Fsp3) is 0.481. The van der Waals surface area contributed by atoms with Crippen LogP contribution < -0.4 is 14.2 Å². The third-order valence-corrected chi connectivity index (χ3v) is 8.10. The van der Waals surface area contributed by atoms with Gasteiger partial charge in [0.2, 0.25) is 12.5 Å². The number of amides is 1. The van der Waals surface area contributed by atoms with Gasteiger partial charge in [-0.05, 0) is 53.7 Å². The van der Waals surface area contributed by atoms with Crippen LogP contribution in [-0.4, -0.2) is 95.5 Å². The van der Waals surface area contributed by atoms with Crippen molar-refractivity contribution in [3.05, 3.63) is 52.8 Å². The van der Waals surface area contributed by atoms with Gasteiger partial charge in [0.1, 0.15) is 6.04 Å². The number of carbonyl (C=O) groups excluding carboxylic acids is 1. The Balaban J connectivity index is 1.21. The third-order valence-electron chi connectivity index (χ3n) is 8.10. The van der Waals surface area contributed by atoms with Crippen LogP contribution in [0.25, 0.3) is 5.69 Å². The number of rotatable bonds is 4. The number of nitrogens with zero attached hydrogens (tertiary/aromatic N) is 6. The molecule has 2 saturated heterocycles. The topological polar surface area (TPSA) is 113 Å². The summed E-state index contributed by atoms with van der Waals surface area (Å²) in [6, 6.07) is 9.17. The first-order chi connectivity index (χ1) is 19.1. The van der Waals surface area contributed by atoms with Gasteiger partial charge in [-0.3, -0.25) is 9.69 Å². The molecule has 4 aliphatic heterocycles. The van der Waals surface area contributed by atoms with Crippen molar-refractivity contribution >= 4 is 5.91 Å². The van der Waals surface area contributed by atoms with Gasteiger partial charge in [0, 0.05) is 43.6 Å². The molecule has 2 fully saturated rings. The molecular formula is C27H30N6O6. The molecule has 0 aliphatic carbocycles. The Morgan fingerprint density at radius 1 is 1.10 bits per heavy atom. The fourth-order valence-electron chi connectivity index (χ4n) is 6.10. The molecule has 0 saturated carbocycles. The lowest BCUT2D eigenvalue weighted by Gasteiger charge is -2.37. The van der Waals surface area contributed by atoms with Crippen LogP contribution in [0.5, 0.6) is 17.2 Å². The average molecular weight is 535 g/mol. The Labute approximate surface area is 225 Å². The van der Waals surface area contributed by atoms with E-state index in [1.807, 2.05) is 42.3 Å². The highest BCUT2D eigenvalue weighted by Crippen LogP contribution is 2.50. The highest BCUT2D eigenvalue weighted by molar-refractivity contribution is 5.94. The van der Waals surface area contributed by atoms with E-state index in [1.165, 1.54) is 0 Å². The molecule has 12 heteroatoms. The Bertz CT molecular complexity index is 1410. The lowest BCUT2D eigenvalue weighted by molar-refractivity contribution is -0.181. The van der Waals surface area contributed by atoms with Crippen molar-refractivity contribution in [2.75, 3.05) is 53.8 Å². The minimum Gasteiger partial charge on any atom is -0.492 e.